The molecule has 2 rings (SSSR count). The molecule has 1 aliphatic rings. The van der Waals surface area contributed by atoms with Gasteiger partial charge in [-0.25, -0.2) is 0 Å². The Hall–Kier alpha value is -1.35. The molecule has 0 aromatic heterocycles. The molecule has 1 aliphatic heterocycles. The van der Waals surface area contributed by atoms with E-state index in [0.29, 0.717) is 5.92 Å². The summed E-state index contributed by atoms with van der Waals surface area (Å²) in [6.07, 6.45) is 0. The van der Waals surface area contributed by atoms with Gasteiger partial charge in [-0.1, -0.05) is 26.0 Å². The van der Waals surface area contributed by atoms with Gasteiger partial charge in [0.15, 0.2) is 0 Å². The maximum Gasteiger partial charge on any atom is 0.230 e. The quantitative estimate of drug-likeness (QED) is 0.814. The van der Waals surface area contributed by atoms with Crippen LogP contribution in [0.1, 0.15) is 25.3 Å². The number of rotatable bonds is 3. The van der Waals surface area contributed by atoms with Crippen molar-refractivity contribution >= 4 is 11.6 Å². The summed E-state index contributed by atoms with van der Waals surface area (Å²) in [5, 5.41) is 6.06. The van der Waals surface area contributed by atoms with Gasteiger partial charge in [0, 0.05) is 18.8 Å². The molecular weight excluding hydrogens is 200 g/mol. The Morgan fingerprint density at radius 1 is 1.44 bits per heavy atom. The molecule has 0 aliphatic carbocycles. The fourth-order valence-electron chi connectivity index (χ4n) is 1.69. The van der Waals surface area contributed by atoms with Crippen LogP contribution in [0.4, 0.5) is 5.69 Å². The molecule has 0 unspecified atom stereocenters. The Kier molecular flexibility index (Phi) is 3.25. The Morgan fingerprint density at radius 2 is 2.19 bits per heavy atom. The summed E-state index contributed by atoms with van der Waals surface area (Å²) in [5.41, 5.74) is 2.16. The lowest BCUT2D eigenvalue weighted by molar-refractivity contribution is -0.121. The fourth-order valence-corrected chi connectivity index (χ4v) is 1.69. The van der Waals surface area contributed by atoms with Crippen LogP contribution in [0.25, 0.3) is 0 Å². The summed E-state index contributed by atoms with van der Waals surface area (Å²) in [6.45, 7) is 5.90. The van der Waals surface area contributed by atoms with Crippen molar-refractivity contribution < 1.29 is 4.79 Å². The molecule has 0 radical (unpaired) electrons. The van der Waals surface area contributed by atoms with E-state index in [-0.39, 0.29) is 11.8 Å². The molecule has 2 N–H and O–H groups in total. The predicted octanol–water partition coefficient (Wildman–Crippen LogP) is 1.97. The second-order valence-electron chi connectivity index (χ2n) is 4.62. The Labute approximate surface area is 96.2 Å². The van der Waals surface area contributed by atoms with Gasteiger partial charge in [0.05, 0.1) is 5.92 Å². The van der Waals surface area contributed by atoms with Crippen molar-refractivity contribution in [1.82, 2.24) is 5.32 Å². The predicted molar refractivity (Wildman–Crippen MR) is 65.5 cm³/mol. The average molecular weight is 218 g/mol. The minimum absolute atomic E-state index is 0.125. The van der Waals surface area contributed by atoms with Crippen LogP contribution < -0.4 is 10.6 Å². The minimum Gasteiger partial charge on any atom is -0.326 e. The third-order valence-electron chi connectivity index (χ3n) is 2.97. The molecule has 0 bridgehead atoms. The van der Waals surface area contributed by atoms with E-state index in [1.165, 1.54) is 5.56 Å². The number of hydrogen-bond donors (Lipinski definition) is 2. The molecule has 0 atom stereocenters. The first-order valence-electron chi connectivity index (χ1n) is 5.78. The van der Waals surface area contributed by atoms with Gasteiger partial charge in [0.1, 0.15) is 0 Å². The third-order valence-corrected chi connectivity index (χ3v) is 2.97. The normalized spacial score (nSPS) is 15.9. The Balaban J connectivity index is 2.03. The van der Waals surface area contributed by atoms with Gasteiger partial charge in [-0.3, -0.25) is 4.79 Å². The van der Waals surface area contributed by atoms with E-state index in [9.17, 15) is 4.79 Å². The first kappa shape index (κ1) is 11.1. The topological polar surface area (TPSA) is 41.1 Å². The van der Waals surface area contributed by atoms with Crippen LogP contribution in [-0.2, 0) is 4.79 Å². The van der Waals surface area contributed by atoms with Crippen molar-refractivity contribution in [1.29, 1.82) is 0 Å². The lowest BCUT2D eigenvalue weighted by Gasteiger charge is -2.25. The van der Waals surface area contributed by atoms with Crippen LogP contribution in [0.15, 0.2) is 24.3 Å². The lowest BCUT2D eigenvalue weighted by atomic mass is 10.0. The van der Waals surface area contributed by atoms with Crippen LogP contribution >= 0.6 is 0 Å². The van der Waals surface area contributed by atoms with E-state index >= 15 is 0 Å². The lowest BCUT2D eigenvalue weighted by Crippen LogP contribution is -2.48. The highest BCUT2D eigenvalue weighted by Gasteiger charge is 2.24. The molecule has 1 amide bonds. The van der Waals surface area contributed by atoms with E-state index in [1.807, 2.05) is 12.1 Å². The second kappa shape index (κ2) is 4.66. The van der Waals surface area contributed by atoms with Gasteiger partial charge in [-0.05, 0) is 23.6 Å². The van der Waals surface area contributed by atoms with Crippen molar-refractivity contribution in [2.45, 2.75) is 19.8 Å². The Bertz CT molecular complexity index is 383. The highest BCUT2D eigenvalue weighted by molar-refractivity contribution is 5.93. The van der Waals surface area contributed by atoms with E-state index in [0.717, 1.165) is 18.8 Å². The minimum atomic E-state index is 0.125. The maximum absolute atomic E-state index is 11.7. The summed E-state index contributed by atoms with van der Waals surface area (Å²) in [6, 6.07) is 8.07. The molecule has 86 valence electrons. The van der Waals surface area contributed by atoms with Crippen molar-refractivity contribution in [3.8, 4) is 0 Å². The SMILES string of the molecule is CC(C)c1cccc(NC(=O)C2CNC2)c1. The Morgan fingerprint density at radius 3 is 2.75 bits per heavy atom. The summed E-state index contributed by atoms with van der Waals surface area (Å²) in [5.74, 6) is 0.754. The highest BCUT2D eigenvalue weighted by atomic mass is 16.2. The van der Waals surface area contributed by atoms with E-state index in [1.54, 1.807) is 0 Å². The highest BCUT2D eigenvalue weighted by Crippen LogP contribution is 2.19. The summed E-state index contributed by atoms with van der Waals surface area (Å²) in [4.78, 5) is 11.7. The monoisotopic (exact) mass is 218 g/mol. The molecule has 3 heteroatoms. The first-order chi connectivity index (χ1) is 7.66. The number of carbonyl (C=O) groups excluding carboxylic acids is 1. The third kappa shape index (κ3) is 2.42. The summed E-state index contributed by atoms with van der Waals surface area (Å²) < 4.78 is 0. The van der Waals surface area contributed by atoms with E-state index in [4.69, 9.17) is 0 Å². The summed E-state index contributed by atoms with van der Waals surface area (Å²) >= 11 is 0. The number of carbonyl (C=O) groups is 1. The number of anilines is 1. The number of benzene rings is 1. The van der Waals surface area contributed by atoms with Gasteiger partial charge < -0.3 is 10.6 Å². The molecule has 1 fully saturated rings. The van der Waals surface area contributed by atoms with Crippen molar-refractivity contribution in [2.24, 2.45) is 5.92 Å². The zero-order chi connectivity index (χ0) is 11.5. The number of hydrogen-bond acceptors (Lipinski definition) is 2. The standard InChI is InChI=1S/C13H18N2O/c1-9(2)10-4-3-5-12(6-10)15-13(16)11-7-14-8-11/h3-6,9,11,14H,7-8H2,1-2H3,(H,15,16). The van der Waals surface area contributed by atoms with E-state index in [2.05, 4.69) is 36.6 Å². The van der Waals surface area contributed by atoms with Gasteiger partial charge in [0.2, 0.25) is 5.91 Å². The van der Waals surface area contributed by atoms with Gasteiger partial charge in [-0.2, -0.15) is 0 Å². The van der Waals surface area contributed by atoms with Crippen LogP contribution in [0.2, 0.25) is 0 Å². The molecule has 3 nitrogen and oxygen atoms in total. The molecule has 1 aromatic carbocycles. The fraction of sp³-hybridized carbons (Fsp3) is 0.462. The molecule has 1 heterocycles. The van der Waals surface area contributed by atoms with Crippen molar-refractivity contribution in [3.63, 3.8) is 0 Å². The van der Waals surface area contributed by atoms with E-state index < -0.39 is 0 Å². The molecule has 16 heavy (non-hydrogen) atoms. The zero-order valence-corrected chi connectivity index (χ0v) is 9.79. The van der Waals surface area contributed by atoms with Crippen LogP contribution in [0.5, 0.6) is 0 Å². The molecular formula is C13H18N2O. The van der Waals surface area contributed by atoms with Gasteiger partial charge in [0.25, 0.3) is 0 Å². The van der Waals surface area contributed by atoms with Crippen LogP contribution in [0, 0.1) is 5.92 Å². The molecule has 0 saturated carbocycles. The first-order valence-corrected chi connectivity index (χ1v) is 5.78. The second-order valence-corrected chi connectivity index (χ2v) is 4.62. The largest absolute Gasteiger partial charge is 0.326 e. The molecule has 1 saturated heterocycles. The molecule has 1 aromatic rings. The smallest absolute Gasteiger partial charge is 0.230 e. The van der Waals surface area contributed by atoms with Crippen molar-refractivity contribution in [2.75, 3.05) is 18.4 Å². The summed E-state index contributed by atoms with van der Waals surface area (Å²) in [7, 11) is 0. The molecule has 0 spiro atoms. The van der Waals surface area contributed by atoms with Crippen molar-refractivity contribution in [3.05, 3.63) is 29.8 Å². The zero-order valence-electron chi connectivity index (χ0n) is 9.79. The van der Waals surface area contributed by atoms with Crippen LogP contribution in [-0.4, -0.2) is 19.0 Å². The van der Waals surface area contributed by atoms with Crippen LogP contribution in [0.3, 0.4) is 0 Å². The van der Waals surface area contributed by atoms with Gasteiger partial charge in [-0.15, -0.1) is 0 Å². The maximum atomic E-state index is 11.7. The number of amides is 1. The average Bonchev–Trinajstić information content (AvgIpc) is 2.15. The number of nitrogens with one attached hydrogen (secondary N) is 2. The van der Waals surface area contributed by atoms with Gasteiger partial charge >= 0.3 is 0 Å².